The van der Waals surface area contributed by atoms with Crippen LogP contribution in [0.15, 0.2) is 48.7 Å². The van der Waals surface area contributed by atoms with Crippen LogP contribution in [0.5, 0.6) is 5.75 Å². The number of ether oxygens (including phenoxy) is 1. The van der Waals surface area contributed by atoms with E-state index in [0.29, 0.717) is 31.7 Å². The molecule has 12 heteroatoms. The first-order valence-electron chi connectivity index (χ1n) is 12.0. The number of methoxy groups -OCH3 is 1. The Labute approximate surface area is 218 Å². The van der Waals surface area contributed by atoms with Crippen LogP contribution in [-0.4, -0.2) is 91.2 Å². The lowest BCUT2D eigenvalue weighted by Gasteiger charge is -2.34. The maximum atomic E-state index is 13.4. The Balaban J connectivity index is 0.000000505. The van der Waals surface area contributed by atoms with Crippen LogP contribution in [0.1, 0.15) is 23.2 Å². The lowest BCUT2D eigenvalue weighted by Crippen LogP contribution is -2.47. The van der Waals surface area contributed by atoms with Crippen LogP contribution in [0.2, 0.25) is 0 Å². The fourth-order valence-electron chi connectivity index (χ4n) is 5.04. The Hall–Kier alpha value is -3.83. The highest BCUT2D eigenvalue weighted by molar-refractivity contribution is 5.94. The number of nitrogens with zero attached hydrogens (tertiary/aromatic N) is 4. The molecule has 2 aliphatic heterocycles. The number of fused-ring (bicyclic) bond motifs is 1. The number of hydrogen-bond acceptors (Lipinski definition) is 6. The fraction of sp³-hybridized carbons (Fsp3) is 0.462. The number of carbonyl (C=O) groups is 3. The Morgan fingerprint density at radius 3 is 2.29 bits per heavy atom. The van der Waals surface area contributed by atoms with Gasteiger partial charge in [0.25, 0.3) is 5.91 Å². The molecule has 3 heterocycles. The summed E-state index contributed by atoms with van der Waals surface area (Å²) < 4.78 is 36.9. The van der Waals surface area contributed by atoms with E-state index < -0.39 is 17.6 Å². The molecule has 2 fully saturated rings. The van der Waals surface area contributed by atoms with Crippen molar-refractivity contribution in [2.45, 2.75) is 19.0 Å². The maximum Gasteiger partial charge on any atom is 0.490 e. The Morgan fingerprint density at radius 2 is 1.76 bits per heavy atom. The summed E-state index contributed by atoms with van der Waals surface area (Å²) in [6.45, 7) is 2.57. The number of anilines is 1. The number of carboxylic acids is 1. The number of likely N-dealkylation sites (tertiary alicyclic amines) is 1. The van der Waals surface area contributed by atoms with Gasteiger partial charge in [-0.25, -0.2) is 9.78 Å². The lowest BCUT2D eigenvalue weighted by molar-refractivity contribution is -0.192. The molecule has 38 heavy (non-hydrogen) atoms. The molecular formula is C26H31F3N4O5. The number of alkyl halides is 3. The van der Waals surface area contributed by atoms with Crippen molar-refractivity contribution in [1.29, 1.82) is 0 Å². The second-order valence-electron chi connectivity index (χ2n) is 9.51. The SMILES string of the molecule is COc1ccc(C(=O)N2CCC[C@]3(C(=O)N(C)C)CN(c4ccccn4)C[C@@H]3C2)cc1.O=C(O)C(F)(F)F. The third kappa shape index (κ3) is 6.35. The molecule has 1 aromatic heterocycles. The molecule has 9 nitrogen and oxygen atoms in total. The van der Waals surface area contributed by atoms with Gasteiger partial charge in [0.1, 0.15) is 11.6 Å². The number of aromatic nitrogens is 1. The zero-order valence-corrected chi connectivity index (χ0v) is 21.4. The van der Waals surface area contributed by atoms with Crippen molar-refractivity contribution in [3.63, 3.8) is 0 Å². The van der Waals surface area contributed by atoms with Crippen LogP contribution >= 0.6 is 0 Å². The van der Waals surface area contributed by atoms with Crippen LogP contribution in [0.25, 0.3) is 0 Å². The summed E-state index contributed by atoms with van der Waals surface area (Å²) in [5, 5.41) is 7.12. The van der Waals surface area contributed by atoms with Crippen LogP contribution in [0, 0.1) is 11.3 Å². The smallest absolute Gasteiger partial charge is 0.490 e. The van der Waals surface area contributed by atoms with Crippen molar-refractivity contribution in [2.24, 2.45) is 11.3 Å². The van der Waals surface area contributed by atoms with E-state index >= 15 is 0 Å². The number of amides is 2. The molecule has 2 atom stereocenters. The Bertz CT molecular complexity index is 1130. The lowest BCUT2D eigenvalue weighted by atomic mass is 9.74. The molecule has 1 aromatic carbocycles. The average Bonchev–Trinajstić information content (AvgIpc) is 3.16. The van der Waals surface area contributed by atoms with Crippen LogP contribution < -0.4 is 9.64 Å². The number of pyridine rings is 1. The first-order valence-corrected chi connectivity index (χ1v) is 12.0. The van der Waals surface area contributed by atoms with Gasteiger partial charge in [-0.05, 0) is 49.2 Å². The minimum Gasteiger partial charge on any atom is -0.497 e. The minimum absolute atomic E-state index is 0.00652. The van der Waals surface area contributed by atoms with Gasteiger partial charge in [-0.2, -0.15) is 13.2 Å². The summed E-state index contributed by atoms with van der Waals surface area (Å²) in [6, 6.07) is 13.1. The molecule has 0 aliphatic carbocycles. The van der Waals surface area contributed by atoms with Gasteiger partial charge in [0.15, 0.2) is 0 Å². The van der Waals surface area contributed by atoms with E-state index in [1.54, 1.807) is 30.3 Å². The van der Waals surface area contributed by atoms with Gasteiger partial charge >= 0.3 is 12.1 Å². The third-order valence-corrected chi connectivity index (χ3v) is 6.86. The number of rotatable bonds is 4. The highest BCUT2D eigenvalue weighted by Crippen LogP contribution is 2.45. The zero-order valence-electron chi connectivity index (χ0n) is 21.4. The monoisotopic (exact) mass is 536 g/mol. The number of halogens is 3. The number of carboxylic acid groups (broad SMARTS) is 1. The standard InChI is InChI=1S/C24H30N4O3.C2HF3O2/c1-26(2)23(30)24-12-6-14-27(22(29)18-8-10-20(31-3)11-9-18)15-19(24)16-28(17-24)21-7-4-5-13-25-21;3-2(4,5)1(6)7/h4-5,7-11,13,19H,6,12,14-17H2,1-3H3;(H,6,7)/t19-,24-;/m0./s1. The summed E-state index contributed by atoms with van der Waals surface area (Å²) in [7, 11) is 5.26. The molecule has 2 aliphatic rings. The number of hydrogen-bond donors (Lipinski definition) is 1. The Morgan fingerprint density at radius 1 is 1.11 bits per heavy atom. The van der Waals surface area contributed by atoms with E-state index in [2.05, 4.69) is 9.88 Å². The highest BCUT2D eigenvalue weighted by atomic mass is 19.4. The third-order valence-electron chi connectivity index (χ3n) is 6.86. The van der Waals surface area contributed by atoms with Gasteiger partial charge in [0.05, 0.1) is 12.5 Å². The Kier molecular flexibility index (Phi) is 8.85. The van der Waals surface area contributed by atoms with Crippen molar-refractivity contribution < 1.29 is 37.4 Å². The molecular weight excluding hydrogens is 505 g/mol. The van der Waals surface area contributed by atoms with Crippen LogP contribution in [0.3, 0.4) is 0 Å². The molecule has 0 spiro atoms. The van der Waals surface area contributed by atoms with E-state index in [4.69, 9.17) is 14.6 Å². The number of aliphatic carboxylic acids is 1. The fourth-order valence-corrected chi connectivity index (χ4v) is 5.04. The molecule has 4 rings (SSSR count). The summed E-state index contributed by atoms with van der Waals surface area (Å²) in [4.78, 5) is 45.9. The molecule has 2 saturated heterocycles. The van der Waals surface area contributed by atoms with Gasteiger partial charge in [0.2, 0.25) is 5.91 Å². The largest absolute Gasteiger partial charge is 0.497 e. The molecule has 2 aromatic rings. The molecule has 0 saturated carbocycles. The molecule has 2 amide bonds. The van der Waals surface area contributed by atoms with E-state index in [9.17, 15) is 22.8 Å². The summed E-state index contributed by atoms with van der Waals surface area (Å²) in [5.74, 6) is -0.942. The predicted molar refractivity (Wildman–Crippen MR) is 133 cm³/mol. The van der Waals surface area contributed by atoms with E-state index in [1.807, 2.05) is 49.3 Å². The normalized spacial score (nSPS) is 20.9. The molecule has 206 valence electrons. The van der Waals surface area contributed by atoms with Gasteiger partial charge in [0, 0.05) is 58.0 Å². The topological polar surface area (TPSA) is 103 Å². The molecule has 1 N–H and O–H groups in total. The van der Waals surface area contributed by atoms with E-state index in [0.717, 1.165) is 24.4 Å². The van der Waals surface area contributed by atoms with E-state index in [1.165, 1.54) is 0 Å². The van der Waals surface area contributed by atoms with Crippen molar-refractivity contribution >= 4 is 23.6 Å². The second kappa shape index (κ2) is 11.7. The van der Waals surface area contributed by atoms with Crippen LogP contribution in [-0.2, 0) is 9.59 Å². The van der Waals surface area contributed by atoms with Gasteiger partial charge < -0.3 is 24.5 Å². The minimum atomic E-state index is -5.08. The molecule has 0 unspecified atom stereocenters. The van der Waals surface area contributed by atoms with Crippen molar-refractivity contribution in [3.8, 4) is 5.75 Å². The molecule has 0 bridgehead atoms. The highest BCUT2D eigenvalue weighted by Gasteiger charge is 2.54. The van der Waals surface area contributed by atoms with Gasteiger partial charge in [-0.3, -0.25) is 9.59 Å². The number of benzene rings is 1. The first kappa shape index (κ1) is 28.7. The quantitative estimate of drug-likeness (QED) is 0.640. The van der Waals surface area contributed by atoms with Crippen molar-refractivity contribution in [3.05, 3.63) is 54.2 Å². The van der Waals surface area contributed by atoms with Crippen molar-refractivity contribution in [2.75, 3.05) is 52.3 Å². The van der Waals surface area contributed by atoms with Gasteiger partial charge in [-0.15, -0.1) is 0 Å². The van der Waals surface area contributed by atoms with Crippen LogP contribution in [0.4, 0.5) is 19.0 Å². The van der Waals surface area contributed by atoms with Gasteiger partial charge in [-0.1, -0.05) is 6.07 Å². The first-order chi connectivity index (χ1) is 17.9. The predicted octanol–water partition coefficient (Wildman–Crippen LogP) is 3.17. The zero-order chi connectivity index (χ0) is 28.1. The summed E-state index contributed by atoms with van der Waals surface area (Å²) in [5.41, 5.74) is 0.141. The average molecular weight is 537 g/mol. The maximum absolute atomic E-state index is 13.4. The summed E-state index contributed by atoms with van der Waals surface area (Å²) in [6.07, 6.45) is -1.73. The summed E-state index contributed by atoms with van der Waals surface area (Å²) >= 11 is 0. The van der Waals surface area contributed by atoms with Crippen molar-refractivity contribution in [1.82, 2.24) is 14.8 Å². The van der Waals surface area contributed by atoms with E-state index in [-0.39, 0.29) is 17.7 Å². The molecule has 0 radical (unpaired) electrons. The second-order valence-corrected chi connectivity index (χ2v) is 9.51. The number of carbonyl (C=O) groups excluding carboxylic acids is 2.